The second-order valence-electron chi connectivity index (χ2n) is 3.11. The van der Waals surface area contributed by atoms with E-state index in [9.17, 15) is 4.79 Å². The Kier molecular flexibility index (Phi) is 3.02. The van der Waals surface area contributed by atoms with E-state index >= 15 is 0 Å². The van der Waals surface area contributed by atoms with Gasteiger partial charge in [-0.05, 0) is 26.0 Å². The summed E-state index contributed by atoms with van der Waals surface area (Å²) in [6.07, 6.45) is 5.34. The van der Waals surface area contributed by atoms with Gasteiger partial charge in [0, 0.05) is 24.5 Å². The molecule has 0 N–H and O–H groups in total. The molecule has 1 heterocycles. The maximum absolute atomic E-state index is 11.1. The molecule has 3 nitrogen and oxygen atoms in total. The molecule has 0 aromatic heterocycles. The summed E-state index contributed by atoms with van der Waals surface area (Å²) in [5.74, 6) is 0.862. The van der Waals surface area contributed by atoms with Crippen LogP contribution in [0.3, 0.4) is 0 Å². The largest absolute Gasteiger partial charge is 0.306 e. The fraction of sp³-hybridized carbons (Fsp3) is 0.273. The van der Waals surface area contributed by atoms with E-state index in [0.29, 0.717) is 5.57 Å². The molecule has 0 amide bonds. The van der Waals surface area contributed by atoms with Crippen LogP contribution in [0.25, 0.3) is 0 Å². The van der Waals surface area contributed by atoms with E-state index in [4.69, 9.17) is 0 Å². The number of carbonyl (C=O) groups is 1. The number of Topliss-reactive ketones (excluding diaryl/α,β-unsaturated/α-hetero) is 1. The predicted octanol–water partition coefficient (Wildman–Crippen LogP) is 1.89. The van der Waals surface area contributed by atoms with Crippen molar-refractivity contribution in [2.45, 2.75) is 13.8 Å². The Morgan fingerprint density at radius 3 is 2.57 bits per heavy atom. The molecular weight excluding hydrogens is 176 g/mol. The number of allylic oxidation sites excluding steroid dienone is 3. The minimum absolute atomic E-state index is 0.0441. The summed E-state index contributed by atoms with van der Waals surface area (Å²) in [5, 5.41) is 0. The average molecular weight is 190 g/mol. The van der Waals surface area contributed by atoms with Gasteiger partial charge in [0.2, 0.25) is 0 Å². The molecule has 0 aromatic carbocycles. The minimum Gasteiger partial charge on any atom is -0.306 e. The zero-order valence-corrected chi connectivity index (χ0v) is 8.74. The van der Waals surface area contributed by atoms with Gasteiger partial charge in [0.05, 0.1) is 0 Å². The van der Waals surface area contributed by atoms with Crippen LogP contribution in [0.2, 0.25) is 0 Å². The van der Waals surface area contributed by atoms with Crippen molar-refractivity contribution in [3.63, 3.8) is 0 Å². The van der Waals surface area contributed by atoms with Crippen molar-refractivity contribution in [2.24, 2.45) is 4.99 Å². The van der Waals surface area contributed by atoms with Crippen molar-refractivity contribution in [1.29, 1.82) is 0 Å². The third-order valence-corrected chi connectivity index (χ3v) is 2.11. The van der Waals surface area contributed by atoms with Gasteiger partial charge in [-0.2, -0.15) is 0 Å². The van der Waals surface area contributed by atoms with Gasteiger partial charge in [-0.25, -0.2) is 0 Å². The van der Waals surface area contributed by atoms with E-state index < -0.39 is 0 Å². The highest BCUT2D eigenvalue weighted by atomic mass is 16.1. The monoisotopic (exact) mass is 190 g/mol. The molecule has 0 atom stereocenters. The van der Waals surface area contributed by atoms with E-state index in [2.05, 4.69) is 11.6 Å². The van der Waals surface area contributed by atoms with Crippen molar-refractivity contribution in [3.05, 3.63) is 36.2 Å². The fourth-order valence-electron chi connectivity index (χ4n) is 1.15. The van der Waals surface area contributed by atoms with Crippen molar-refractivity contribution in [2.75, 3.05) is 7.05 Å². The van der Waals surface area contributed by atoms with Crippen molar-refractivity contribution in [1.82, 2.24) is 4.90 Å². The van der Waals surface area contributed by atoms with E-state index in [0.717, 1.165) is 11.5 Å². The molecule has 1 aliphatic rings. The molecule has 3 heteroatoms. The Labute approximate surface area is 84.1 Å². The van der Waals surface area contributed by atoms with Crippen molar-refractivity contribution < 1.29 is 4.79 Å². The summed E-state index contributed by atoms with van der Waals surface area (Å²) >= 11 is 0. The molecule has 0 bridgehead atoms. The van der Waals surface area contributed by atoms with Gasteiger partial charge >= 0.3 is 0 Å². The number of hydrogen-bond donors (Lipinski definition) is 0. The van der Waals surface area contributed by atoms with Crippen LogP contribution in [0, 0.1) is 0 Å². The second kappa shape index (κ2) is 4.05. The molecule has 0 radical (unpaired) electrons. The highest BCUT2D eigenvalue weighted by Gasteiger charge is 2.13. The minimum atomic E-state index is 0.0441. The molecule has 1 aliphatic heterocycles. The van der Waals surface area contributed by atoms with Gasteiger partial charge in [0.15, 0.2) is 5.78 Å². The van der Waals surface area contributed by atoms with Crippen LogP contribution in [0.4, 0.5) is 0 Å². The Bertz CT molecular complexity index is 359. The molecule has 0 saturated carbocycles. The van der Waals surface area contributed by atoms with Crippen LogP contribution >= 0.6 is 0 Å². The first-order valence-corrected chi connectivity index (χ1v) is 4.38. The van der Waals surface area contributed by atoms with Crippen molar-refractivity contribution in [3.8, 4) is 0 Å². The molecule has 0 unspecified atom stereocenters. The molecule has 0 spiro atoms. The lowest BCUT2D eigenvalue weighted by atomic mass is 10.1. The van der Waals surface area contributed by atoms with Crippen LogP contribution in [-0.4, -0.2) is 23.6 Å². The smallest absolute Gasteiger partial charge is 0.161 e. The van der Waals surface area contributed by atoms with Gasteiger partial charge < -0.3 is 4.90 Å². The first-order chi connectivity index (χ1) is 6.56. The molecule has 74 valence electrons. The normalized spacial score (nSPS) is 17.1. The Balaban J connectivity index is 3.03. The van der Waals surface area contributed by atoms with E-state index in [-0.39, 0.29) is 5.78 Å². The molecular formula is C11H14N2O. The highest BCUT2D eigenvalue weighted by Crippen LogP contribution is 2.16. The molecule has 0 fully saturated rings. The first kappa shape index (κ1) is 10.4. The maximum atomic E-state index is 11.1. The fourth-order valence-corrected chi connectivity index (χ4v) is 1.15. The number of aliphatic imine (C=N–C) groups is 1. The number of nitrogens with zero attached hydrogens (tertiary/aromatic N) is 2. The Morgan fingerprint density at radius 2 is 2.07 bits per heavy atom. The first-order valence-electron chi connectivity index (χ1n) is 4.38. The van der Waals surface area contributed by atoms with Gasteiger partial charge in [0.25, 0.3) is 0 Å². The number of amidine groups is 1. The predicted molar refractivity (Wildman–Crippen MR) is 57.9 cm³/mol. The summed E-state index contributed by atoms with van der Waals surface area (Å²) in [7, 11) is 1.71. The van der Waals surface area contributed by atoms with E-state index in [1.807, 2.05) is 13.0 Å². The lowest BCUT2D eigenvalue weighted by molar-refractivity contribution is -0.113. The Morgan fingerprint density at radius 1 is 1.43 bits per heavy atom. The third-order valence-electron chi connectivity index (χ3n) is 2.11. The average Bonchev–Trinajstić information content (AvgIpc) is 2.17. The van der Waals surface area contributed by atoms with Gasteiger partial charge in [0.1, 0.15) is 5.84 Å². The Hall–Kier alpha value is -1.64. The summed E-state index contributed by atoms with van der Waals surface area (Å²) < 4.78 is 0. The van der Waals surface area contributed by atoms with Crippen LogP contribution in [0.15, 0.2) is 41.2 Å². The van der Waals surface area contributed by atoms with E-state index in [1.54, 1.807) is 31.1 Å². The highest BCUT2D eigenvalue weighted by molar-refractivity contribution is 5.97. The SMILES string of the molecule is C=C1C=CC(C(C)=O)=CN1C(C)=NC. The molecule has 0 saturated heterocycles. The lowest BCUT2D eigenvalue weighted by Gasteiger charge is -2.23. The number of carbonyl (C=O) groups excluding carboxylic acids is 1. The molecule has 14 heavy (non-hydrogen) atoms. The molecule has 0 aromatic rings. The third kappa shape index (κ3) is 1.99. The van der Waals surface area contributed by atoms with Gasteiger partial charge in [-0.15, -0.1) is 0 Å². The van der Waals surface area contributed by atoms with Gasteiger partial charge in [-0.3, -0.25) is 9.79 Å². The zero-order chi connectivity index (χ0) is 10.7. The summed E-state index contributed by atoms with van der Waals surface area (Å²) in [6.45, 7) is 7.28. The van der Waals surface area contributed by atoms with Gasteiger partial charge in [-0.1, -0.05) is 6.58 Å². The second-order valence-corrected chi connectivity index (χ2v) is 3.11. The number of rotatable bonds is 1. The topological polar surface area (TPSA) is 32.7 Å². The molecule has 1 rings (SSSR count). The number of hydrogen-bond acceptors (Lipinski definition) is 2. The molecule has 0 aliphatic carbocycles. The number of ketones is 1. The summed E-state index contributed by atoms with van der Waals surface area (Å²) in [6, 6.07) is 0. The standard InChI is InChI=1S/C11H14N2O/c1-8-5-6-11(9(2)14)7-13(8)10(3)12-4/h5-7H,1H2,2-4H3. The van der Waals surface area contributed by atoms with Crippen molar-refractivity contribution >= 4 is 11.6 Å². The van der Waals surface area contributed by atoms with E-state index in [1.165, 1.54) is 0 Å². The quantitative estimate of drug-likeness (QED) is 0.467. The summed E-state index contributed by atoms with van der Waals surface area (Å²) in [4.78, 5) is 17.0. The van der Waals surface area contributed by atoms with Crippen LogP contribution in [-0.2, 0) is 4.79 Å². The zero-order valence-electron chi connectivity index (χ0n) is 8.74. The lowest BCUT2D eigenvalue weighted by Crippen LogP contribution is -2.24. The van der Waals surface area contributed by atoms with Crippen LogP contribution in [0.1, 0.15) is 13.8 Å². The summed E-state index contributed by atoms with van der Waals surface area (Å²) in [5.41, 5.74) is 1.48. The van der Waals surface area contributed by atoms with Crippen LogP contribution < -0.4 is 0 Å². The maximum Gasteiger partial charge on any atom is 0.161 e. The van der Waals surface area contributed by atoms with Crippen LogP contribution in [0.5, 0.6) is 0 Å².